The Labute approximate surface area is 241 Å². The van der Waals surface area contributed by atoms with E-state index in [4.69, 9.17) is 19.9 Å². The molecule has 5 aromatic carbocycles. The van der Waals surface area contributed by atoms with Gasteiger partial charge in [0.2, 0.25) is 0 Å². The third kappa shape index (κ3) is 4.20. The van der Waals surface area contributed by atoms with E-state index in [0.29, 0.717) is 17.5 Å². The minimum Gasteiger partial charge on any atom is -0.287 e. The molecule has 7 aromatic rings. The average Bonchev–Trinajstić information content (AvgIpc) is 3.44. The van der Waals surface area contributed by atoms with E-state index >= 15 is 0 Å². The molecule has 5 nitrogen and oxygen atoms in total. The summed E-state index contributed by atoms with van der Waals surface area (Å²) in [4.78, 5) is 19.6. The van der Waals surface area contributed by atoms with Gasteiger partial charge < -0.3 is 0 Å². The first-order valence-corrected chi connectivity index (χ1v) is 14.5. The minimum absolute atomic E-state index is 0.654. The van der Waals surface area contributed by atoms with Crippen LogP contribution in [0.4, 0.5) is 0 Å². The molecule has 1 aliphatic rings. The van der Waals surface area contributed by atoms with Crippen LogP contribution < -0.4 is 0 Å². The summed E-state index contributed by atoms with van der Waals surface area (Å²) in [7, 11) is 0. The molecule has 0 spiro atoms. The highest BCUT2D eigenvalue weighted by Gasteiger charge is 2.23. The molecular weight excluding hydrogens is 522 g/mol. The zero-order chi connectivity index (χ0) is 27.2. The molecule has 0 aliphatic carbocycles. The fourth-order valence-corrected chi connectivity index (χ4v) is 6.51. The number of nitrogens with zero attached hydrogens (tertiary/aromatic N) is 5. The largest absolute Gasteiger partial charge is 0.287 e. The molecule has 0 radical (unpaired) electrons. The van der Waals surface area contributed by atoms with Gasteiger partial charge in [-0.3, -0.25) is 4.57 Å². The molecule has 41 heavy (non-hydrogen) atoms. The average molecular weight is 546 g/mol. The Kier molecular flexibility index (Phi) is 5.71. The number of hydrogen-bond acceptors (Lipinski definition) is 5. The maximum Gasteiger partial charge on any atom is 0.174 e. The molecule has 6 heteroatoms. The summed E-state index contributed by atoms with van der Waals surface area (Å²) in [6.07, 6.45) is 0. The molecule has 2 aromatic heterocycles. The maximum absolute atomic E-state index is 4.94. The number of imidazole rings is 1. The third-order valence-electron chi connectivity index (χ3n) is 7.40. The SMILES string of the molecule is c1ccc(-c2nc(-c3ccccc3)nc(-c3cccc(-c4cccc5c4CSc4nc6ccccc6n4-5)c3)n2)cc1. The van der Waals surface area contributed by atoms with Gasteiger partial charge in [0.05, 0.1) is 16.7 Å². The van der Waals surface area contributed by atoms with Crippen LogP contribution in [0, 0.1) is 0 Å². The lowest BCUT2D eigenvalue weighted by Crippen LogP contribution is -2.07. The first kappa shape index (κ1) is 23.8. The number of hydrogen-bond donors (Lipinski definition) is 0. The molecule has 0 saturated carbocycles. The highest BCUT2D eigenvalue weighted by molar-refractivity contribution is 7.98. The molecule has 0 N–H and O–H groups in total. The van der Waals surface area contributed by atoms with Gasteiger partial charge in [0.1, 0.15) is 0 Å². The van der Waals surface area contributed by atoms with Gasteiger partial charge in [-0.25, -0.2) is 19.9 Å². The Morgan fingerprint density at radius 3 is 1.83 bits per heavy atom. The van der Waals surface area contributed by atoms with Crippen molar-refractivity contribution in [3.63, 3.8) is 0 Å². The number of fused-ring (bicyclic) bond motifs is 5. The lowest BCUT2D eigenvalue weighted by molar-refractivity contribution is 0.895. The molecule has 1 aliphatic heterocycles. The van der Waals surface area contributed by atoms with E-state index in [1.54, 1.807) is 11.8 Å². The smallest absolute Gasteiger partial charge is 0.174 e. The lowest BCUT2D eigenvalue weighted by Gasteiger charge is -2.22. The minimum atomic E-state index is 0.654. The number of para-hydroxylation sites is 2. The monoisotopic (exact) mass is 545 g/mol. The summed E-state index contributed by atoms with van der Waals surface area (Å²) in [6, 6.07) is 43.6. The van der Waals surface area contributed by atoms with Crippen LogP contribution in [0.2, 0.25) is 0 Å². The quantitative estimate of drug-likeness (QED) is 0.222. The van der Waals surface area contributed by atoms with Crippen molar-refractivity contribution in [2.75, 3.05) is 0 Å². The zero-order valence-electron chi connectivity index (χ0n) is 22.0. The lowest BCUT2D eigenvalue weighted by atomic mass is 9.97. The molecular formula is C35H23N5S. The van der Waals surface area contributed by atoms with E-state index in [1.807, 2.05) is 66.7 Å². The van der Waals surface area contributed by atoms with E-state index in [9.17, 15) is 0 Å². The summed E-state index contributed by atoms with van der Waals surface area (Å²) < 4.78 is 2.29. The van der Waals surface area contributed by atoms with Gasteiger partial charge in [-0.1, -0.05) is 115 Å². The zero-order valence-corrected chi connectivity index (χ0v) is 22.8. The number of aromatic nitrogens is 5. The summed E-state index contributed by atoms with van der Waals surface area (Å²) in [5, 5.41) is 1.04. The molecule has 8 rings (SSSR count). The van der Waals surface area contributed by atoms with Gasteiger partial charge in [0.25, 0.3) is 0 Å². The summed E-state index contributed by atoms with van der Waals surface area (Å²) >= 11 is 1.78. The van der Waals surface area contributed by atoms with E-state index in [-0.39, 0.29) is 0 Å². The Balaban J connectivity index is 1.27. The molecule has 0 atom stereocenters. The van der Waals surface area contributed by atoms with Crippen LogP contribution in [-0.2, 0) is 5.75 Å². The van der Waals surface area contributed by atoms with Gasteiger partial charge in [0, 0.05) is 22.4 Å². The van der Waals surface area contributed by atoms with Gasteiger partial charge in [-0.2, -0.15) is 0 Å². The van der Waals surface area contributed by atoms with E-state index in [0.717, 1.165) is 44.2 Å². The Morgan fingerprint density at radius 2 is 1.10 bits per heavy atom. The van der Waals surface area contributed by atoms with Crippen molar-refractivity contribution < 1.29 is 0 Å². The molecule has 0 unspecified atom stereocenters. The molecule has 194 valence electrons. The summed E-state index contributed by atoms with van der Waals surface area (Å²) in [5.41, 5.74) is 9.86. The van der Waals surface area contributed by atoms with Crippen LogP contribution in [0.1, 0.15) is 5.56 Å². The van der Waals surface area contributed by atoms with Crippen LogP contribution in [0.3, 0.4) is 0 Å². The second-order valence-electron chi connectivity index (χ2n) is 9.93. The predicted octanol–water partition coefficient (Wildman–Crippen LogP) is 8.48. The highest BCUT2D eigenvalue weighted by atomic mass is 32.2. The van der Waals surface area contributed by atoms with Crippen molar-refractivity contribution in [2.45, 2.75) is 10.9 Å². The van der Waals surface area contributed by atoms with Crippen LogP contribution in [-0.4, -0.2) is 24.5 Å². The van der Waals surface area contributed by atoms with Crippen molar-refractivity contribution in [1.82, 2.24) is 24.5 Å². The van der Waals surface area contributed by atoms with Crippen molar-refractivity contribution in [1.29, 1.82) is 0 Å². The van der Waals surface area contributed by atoms with Crippen molar-refractivity contribution in [3.8, 4) is 51.0 Å². The van der Waals surface area contributed by atoms with Crippen LogP contribution in [0.15, 0.2) is 133 Å². The van der Waals surface area contributed by atoms with Crippen LogP contribution in [0.25, 0.3) is 62.0 Å². The van der Waals surface area contributed by atoms with Gasteiger partial charge in [-0.05, 0) is 41.0 Å². The number of thioether (sulfide) groups is 1. The fourth-order valence-electron chi connectivity index (χ4n) is 5.44. The van der Waals surface area contributed by atoms with Gasteiger partial charge in [0.15, 0.2) is 22.6 Å². The Bertz CT molecular complexity index is 1990. The Hall–Kier alpha value is -5.07. The van der Waals surface area contributed by atoms with E-state index in [1.165, 1.54) is 16.8 Å². The van der Waals surface area contributed by atoms with E-state index < -0.39 is 0 Å². The first-order valence-electron chi connectivity index (χ1n) is 13.5. The topological polar surface area (TPSA) is 56.5 Å². The normalized spacial score (nSPS) is 12.2. The second kappa shape index (κ2) is 9.84. The summed E-state index contributed by atoms with van der Waals surface area (Å²) in [6.45, 7) is 0. The fraction of sp³-hybridized carbons (Fsp3) is 0.0286. The number of rotatable bonds is 4. The third-order valence-corrected chi connectivity index (χ3v) is 8.36. The van der Waals surface area contributed by atoms with E-state index in [2.05, 4.69) is 65.2 Å². The Morgan fingerprint density at radius 1 is 0.512 bits per heavy atom. The van der Waals surface area contributed by atoms with Crippen molar-refractivity contribution in [2.24, 2.45) is 0 Å². The molecule has 0 bridgehead atoms. The second-order valence-corrected chi connectivity index (χ2v) is 10.9. The molecule has 0 amide bonds. The van der Waals surface area contributed by atoms with Gasteiger partial charge in [-0.15, -0.1) is 0 Å². The number of benzene rings is 5. The summed E-state index contributed by atoms with van der Waals surface area (Å²) in [5.74, 6) is 2.84. The van der Waals surface area contributed by atoms with Crippen molar-refractivity contribution in [3.05, 3.63) is 133 Å². The standard InChI is InChI=1S/C35H23N5S/c1-3-11-23(12-4-1)32-37-33(24-13-5-2-6-14-24)39-34(38-32)26-16-9-15-25(21-26)27-17-10-20-30-28(27)22-41-35-36-29-18-7-8-19-31(29)40(30)35/h1-21H,22H2. The van der Waals surface area contributed by atoms with Gasteiger partial charge >= 0.3 is 0 Å². The molecule has 0 saturated heterocycles. The maximum atomic E-state index is 4.94. The molecule has 3 heterocycles. The van der Waals surface area contributed by atoms with Crippen LogP contribution in [0.5, 0.6) is 0 Å². The molecule has 0 fully saturated rings. The highest BCUT2D eigenvalue weighted by Crippen LogP contribution is 2.41. The first-order chi connectivity index (χ1) is 20.3. The van der Waals surface area contributed by atoms with Crippen molar-refractivity contribution >= 4 is 22.8 Å². The van der Waals surface area contributed by atoms with Crippen LogP contribution >= 0.6 is 11.8 Å². The predicted molar refractivity (Wildman–Crippen MR) is 166 cm³/mol.